The summed E-state index contributed by atoms with van der Waals surface area (Å²) in [5.74, 6) is -8.69. The molecule has 2 aromatic carbocycles. The average molecular weight is 480 g/mol. The smallest absolute Gasteiger partial charge is 0.338 e. The fraction of sp³-hybridized carbons (Fsp3) is 0.400. The SMILES string of the molecule is Cc1cccc(F)c1C(F)(F)C(O)/C=C/[C@@H]1[C@H]2CCc3ccc(C(=O)O)c(F)c3O[C@H]2C[C@H]1O. The minimum Gasteiger partial charge on any atom is -0.487 e. The standard InChI is InChI=1S/C25H24F4O5/c1-12-3-2-4-17(26)21(12)25(28,29)20(31)10-9-14-15-7-5-13-6-8-16(24(32)33)22(27)23(13)34-19(15)11-18(14)30/h2-4,6,8-10,14-15,18-20,30-31H,5,7,11H2,1H3,(H,32,33)/b10-9+/t14-,15-,18-,19+,20?/m1/s1. The van der Waals surface area contributed by atoms with Crippen molar-refractivity contribution in [1.29, 1.82) is 0 Å². The van der Waals surface area contributed by atoms with Crippen LogP contribution < -0.4 is 4.74 Å². The van der Waals surface area contributed by atoms with Gasteiger partial charge in [-0.1, -0.05) is 30.4 Å². The Balaban J connectivity index is 1.56. The van der Waals surface area contributed by atoms with Crippen LogP contribution >= 0.6 is 0 Å². The van der Waals surface area contributed by atoms with Gasteiger partial charge in [-0.05, 0) is 43.0 Å². The minimum absolute atomic E-state index is 0.00361. The Kier molecular flexibility index (Phi) is 6.44. The van der Waals surface area contributed by atoms with Gasteiger partial charge in [0.25, 0.3) is 0 Å². The zero-order chi connectivity index (χ0) is 24.8. The van der Waals surface area contributed by atoms with Crippen LogP contribution in [0.4, 0.5) is 17.6 Å². The molecular formula is C25H24F4O5. The van der Waals surface area contributed by atoms with Gasteiger partial charge in [-0.3, -0.25) is 0 Å². The number of fused-ring (bicyclic) bond motifs is 2. The van der Waals surface area contributed by atoms with Crippen molar-refractivity contribution >= 4 is 5.97 Å². The van der Waals surface area contributed by atoms with Gasteiger partial charge in [0.2, 0.25) is 0 Å². The first-order chi connectivity index (χ1) is 16.0. The summed E-state index contributed by atoms with van der Waals surface area (Å²) >= 11 is 0. The molecule has 2 aliphatic rings. The first-order valence-electron chi connectivity index (χ1n) is 10.9. The molecule has 34 heavy (non-hydrogen) atoms. The number of carboxylic acid groups (broad SMARTS) is 1. The highest BCUT2D eigenvalue weighted by molar-refractivity contribution is 5.88. The lowest BCUT2D eigenvalue weighted by atomic mass is 9.87. The molecule has 1 saturated carbocycles. The van der Waals surface area contributed by atoms with Crippen molar-refractivity contribution in [2.24, 2.45) is 11.8 Å². The number of aliphatic hydroxyl groups excluding tert-OH is 2. The lowest BCUT2D eigenvalue weighted by molar-refractivity contribution is -0.0957. The quantitative estimate of drug-likeness (QED) is 0.437. The van der Waals surface area contributed by atoms with Gasteiger partial charge in [-0.2, -0.15) is 8.78 Å². The summed E-state index contributed by atoms with van der Waals surface area (Å²) < 4.78 is 64.3. The van der Waals surface area contributed by atoms with Gasteiger partial charge in [0.15, 0.2) is 11.6 Å². The molecule has 0 aromatic heterocycles. The summed E-state index contributed by atoms with van der Waals surface area (Å²) in [6.07, 6.45) is -1.05. The molecule has 1 fully saturated rings. The van der Waals surface area contributed by atoms with Crippen LogP contribution in [0, 0.1) is 30.4 Å². The number of carboxylic acids is 1. The third kappa shape index (κ3) is 4.18. The van der Waals surface area contributed by atoms with E-state index in [0.29, 0.717) is 18.4 Å². The van der Waals surface area contributed by atoms with Crippen LogP contribution in [0.1, 0.15) is 39.9 Å². The molecule has 1 unspecified atom stereocenters. The van der Waals surface area contributed by atoms with Crippen LogP contribution in [0.25, 0.3) is 0 Å². The second kappa shape index (κ2) is 9.03. The molecule has 5 nitrogen and oxygen atoms in total. The Morgan fingerprint density at radius 2 is 1.97 bits per heavy atom. The van der Waals surface area contributed by atoms with Gasteiger partial charge in [0, 0.05) is 18.3 Å². The van der Waals surface area contributed by atoms with Gasteiger partial charge in [-0.15, -0.1) is 0 Å². The Hall–Kier alpha value is -2.91. The number of hydrogen-bond donors (Lipinski definition) is 3. The average Bonchev–Trinajstić information content (AvgIpc) is 2.93. The van der Waals surface area contributed by atoms with Crippen molar-refractivity contribution in [2.45, 2.75) is 50.4 Å². The molecule has 182 valence electrons. The number of aryl methyl sites for hydroxylation is 2. The van der Waals surface area contributed by atoms with E-state index in [-0.39, 0.29) is 23.7 Å². The van der Waals surface area contributed by atoms with Crippen molar-refractivity contribution in [3.05, 3.63) is 76.4 Å². The maximum absolute atomic E-state index is 14.8. The van der Waals surface area contributed by atoms with Crippen LogP contribution in [-0.2, 0) is 12.3 Å². The summed E-state index contributed by atoms with van der Waals surface area (Å²) in [4.78, 5) is 11.2. The van der Waals surface area contributed by atoms with E-state index in [2.05, 4.69) is 0 Å². The fourth-order valence-corrected chi connectivity index (χ4v) is 5.00. The predicted molar refractivity (Wildman–Crippen MR) is 114 cm³/mol. The molecule has 0 radical (unpaired) electrons. The maximum atomic E-state index is 14.8. The third-order valence-electron chi connectivity index (χ3n) is 6.76. The minimum atomic E-state index is -3.90. The second-order valence-electron chi connectivity index (χ2n) is 8.84. The molecule has 2 aromatic rings. The summed E-state index contributed by atoms with van der Waals surface area (Å²) in [5, 5.41) is 29.9. The van der Waals surface area contributed by atoms with Crippen LogP contribution in [0.2, 0.25) is 0 Å². The molecule has 9 heteroatoms. The van der Waals surface area contributed by atoms with Crippen molar-refractivity contribution < 1.29 is 42.4 Å². The van der Waals surface area contributed by atoms with Crippen LogP contribution in [0.3, 0.4) is 0 Å². The number of rotatable bonds is 5. The molecule has 1 heterocycles. The Morgan fingerprint density at radius 3 is 2.65 bits per heavy atom. The van der Waals surface area contributed by atoms with Gasteiger partial charge in [-0.25, -0.2) is 13.6 Å². The number of aromatic carboxylic acids is 1. The maximum Gasteiger partial charge on any atom is 0.338 e. The number of hydrogen-bond acceptors (Lipinski definition) is 4. The highest BCUT2D eigenvalue weighted by Gasteiger charge is 2.46. The van der Waals surface area contributed by atoms with E-state index in [1.807, 2.05) is 0 Å². The van der Waals surface area contributed by atoms with E-state index in [1.54, 1.807) is 0 Å². The van der Waals surface area contributed by atoms with Crippen LogP contribution in [-0.4, -0.2) is 39.6 Å². The van der Waals surface area contributed by atoms with Gasteiger partial charge >= 0.3 is 11.9 Å². The van der Waals surface area contributed by atoms with Crippen LogP contribution in [0.15, 0.2) is 42.5 Å². The molecule has 4 rings (SSSR count). The number of carbonyl (C=O) groups is 1. The van der Waals surface area contributed by atoms with E-state index in [9.17, 15) is 32.6 Å². The molecule has 0 spiro atoms. The van der Waals surface area contributed by atoms with E-state index >= 15 is 0 Å². The number of halogens is 4. The van der Waals surface area contributed by atoms with Gasteiger partial charge in [0.05, 0.1) is 17.2 Å². The lowest BCUT2D eigenvalue weighted by Crippen LogP contribution is -2.32. The van der Waals surface area contributed by atoms with Crippen molar-refractivity contribution in [3.8, 4) is 5.75 Å². The molecule has 3 N–H and O–H groups in total. The predicted octanol–water partition coefficient (Wildman–Crippen LogP) is 4.37. The van der Waals surface area contributed by atoms with E-state index in [1.165, 1.54) is 31.2 Å². The molecule has 1 aliphatic carbocycles. The van der Waals surface area contributed by atoms with E-state index in [0.717, 1.165) is 18.2 Å². The van der Waals surface area contributed by atoms with E-state index < -0.39 is 58.9 Å². The summed E-state index contributed by atoms with van der Waals surface area (Å²) in [6, 6.07) is 6.16. The molecule has 0 amide bonds. The molecule has 0 saturated heterocycles. The van der Waals surface area contributed by atoms with Gasteiger partial charge in [0.1, 0.15) is 18.0 Å². The second-order valence-corrected chi connectivity index (χ2v) is 8.84. The van der Waals surface area contributed by atoms with Crippen molar-refractivity contribution in [1.82, 2.24) is 0 Å². The monoisotopic (exact) mass is 480 g/mol. The highest BCUT2D eigenvalue weighted by atomic mass is 19.3. The fourth-order valence-electron chi connectivity index (χ4n) is 5.00. The summed E-state index contributed by atoms with van der Waals surface area (Å²) in [7, 11) is 0. The van der Waals surface area contributed by atoms with Crippen molar-refractivity contribution in [3.63, 3.8) is 0 Å². The first-order valence-corrected chi connectivity index (χ1v) is 10.9. The van der Waals surface area contributed by atoms with Crippen LogP contribution in [0.5, 0.6) is 5.75 Å². The lowest BCUT2D eigenvalue weighted by Gasteiger charge is -2.24. The van der Waals surface area contributed by atoms with Gasteiger partial charge < -0.3 is 20.1 Å². The summed E-state index contributed by atoms with van der Waals surface area (Å²) in [5.41, 5.74) is -0.942. The molecule has 0 bridgehead atoms. The number of alkyl halides is 2. The largest absolute Gasteiger partial charge is 0.487 e. The Labute approximate surface area is 193 Å². The Morgan fingerprint density at radius 1 is 1.24 bits per heavy atom. The number of ether oxygens (including phenoxy) is 1. The molecule has 5 atom stereocenters. The molecule has 1 aliphatic heterocycles. The highest BCUT2D eigenvalue weighted by Crippen LogP contribution is 2.44. The topological polar surface area (TPSA) is 87.0 Å². The van der Waals surface area contributed by atoms with E-state index in [4.69, 9.17) is 9.84 Å². The summed E-state index contributed by atoms with van der Waals surface area (Å²) in [6.45, 7) is 1.32. The zero-order valence-corrected chi connectivity index (χ0v) is 18.2. The molecular weight excluding hydrogens is 456 g/mol. The van der Waals surface area contributed by atoms with Crippen molar-refractivity contribution in [2.75, 3.05) is 0 Å². The third-order valence-corrected chi connectivity index (χ3v) is 6.76. The normalized spacial score (nSPS) is 25.4. The number of benzene rings is 2. The number of aliphatic hydroxyl groups is 2. The zero-order valence-electron chi connectivity index (χ0n) is 18.2. The Bertz CT molecular complexity index is 1110. The first kappa shape index (κ1) is 24.2.